The summed E-state index contributed by atoms with van der Waals surface area (Å²) < 4.78 is -1.68. The fourth-order valence-electron chi connectivity index (χ4n) is 0.876. The van der Waals surface area contributed by atoms with E-state index in [-0.39, 0.29) is 0 Å². The predicted octanol–water partition coefficient (Wildman–Crippen LogP) is 3.43. The van der Waals surface area contributed by atoms with Crippen molar-refractivity contribution < 1.29 is 5.11 Å². The van der Waals surface area contributed by atoms with Crippen molar-refractivity contribution in [3.63, 3.8) is 0 Å². The van der Waals surface area contributed by atoms with Crippen molar-refractivity contribution in [2.24, 2.45) is 0 Å². The van der Waals surface area contributed by atoms with Crippen LogP contribution in [0.3, 0.4) is 0 Å². The van der Waals surface area contributed by atoms with Crippen molar-refractivity contribution >= 4 is 40.9 Å². The minimum absolute atomic E-state index is 0.945. The lowest BCUT2D eigenvalue weighted by Gasteiger charge is -2.14. The second-order valence-electron chi connectivity index (χ2n) is 2.76. The molecule has 0 unspecified atom stereocenters. The molecule has 0 aliphatic carbocycles. The third-order valence-corrected chi connectivity index (χ3v) is 2.28. The smallest absolute Gasteiger partial charge is 0.219 e. The summed E-state index contributed by atoms with van der Waals surface area (Å²) in [6.45, 7) is 0. The minimum Gasteiger partial charge on any atom is -0.385 e. The van der Waals surface area contributed by atoms with E-state index in [0.717, 1.165) is 5.56 Å². The molecule has 14 heavy (non-hydrogen) atoms. The molecular formula is C10H9Cl3O. The highest BCUT2D eigenvalue weighted by Gasteiger charge is 2.28. The third-order valence-electron chi connectivity index (χ3n) is 1.61. The summed E-state index contributed by atoms with van der Waals surface area (Å²) in [6, 6.07) is 9.47. The Hall–Kier alpha value is -0.210. The van der Waals surface area contributed by atoms with Gasteiger partial charge in [0.2, 0.25) is 3.79 Å². The number of hydrogen-bond acceptors (Lipinski definition) is 1. The number of hydrogen-bond donors (Lipinski definition) is 1. The Morgan fingerprint density at radius 1 is 1.14 bits per heavy atom. The summed E-state index contributed by atoms with van der Waals surface area (Å²) in [5.41, 5.74) is 0.945. The number of aliphatic hydroxyl groups is 1. The molecule has 76 valence electrons. The Bertz CT molecular complexity index is 303. The van der Waals surface area contributed by atoms with Crippen LogP contribution in [0.4, 0.5) is 0 Å². The lowest BCUT2D eigenvalue weighted by Crippen LogP contribution is -2.22. The molecule has 1 aromatic carbocycles. The van der Waals surface area contributed by atoms with Gasteiger partial charge in [-0.05, 0) is 5.56 Å². The molecule has 0 heterocycles. The van der Waals surface area contributed by atoms with Gasteiger partial charge in [-0.15, -0.1) is 0 Å². The van der Waals surface area contributed by atoms with E-state index in [9.17, 15) is 5.11 Å². The molecule has 4 heteroatoms. The van der Waals surface area contributed by atoms with E-state index in [1.807, 2.05) is 30.3 Å². The van der Waals surface area contributed by atoms with Gasteiger partial charge in [-0.2, -0.15) is 0 Å². The van der Waals surface area contributed by atoms with Crippen molar-refractivity contribution in [3.8, 4) is 0 Å². The van der Waals surface area contributed by atoms with Crippen molar-refractivity contribution in [3.05, 3.63) is 42.0 Å². The minimum atomic E-state index is -1.68. The molecule has 1 rings (SSSR count). The molecule has 0 bridgehead atoms. The summed E-state index contributed by atoms with van der Waals surface area (Å²) in [4.78, 5) is 0. The standard InChI is InChI=1S/C10H9Cl3O/c11-10(12,13)9(14)7-6-8-4-2-1-3-5-8/h1-7,9,14H/b7-6+/t9-/m1/s1. The van der Waals surface area contributed by atoms with Crippen LogP contribution >= 0.6 is 34.8 Å². The van der Waals surface area contributed by atoms with Crippen LogP contribution in [0.2, 0.25) is 0 Å². The van der Waals surface area contributed by atoms with Gasteiger partial charge in [-0.3, -0.25) is 0 Å². The van der Waals surface area contributed by atoms with E-state index in [0.29, 0.717) is 0 Å². The van der Waals surface area contributed by atoms with Crippen LogP contribution in [0.25, 0.3) is 6.08 Å². The average Bonchev–Trinajstić information content (AvgIpc) is 2.14. The van der Waals surface area contributed by atoms with Gasteiger partial charge in [0, 0.05) is 0 Å². The normalized spacial score (nSPS) is 14.6. The van der Waals surface area contributed by atoms with Crippen LogP contribution in [0.1, 0.15) is 5.56 Å². The Labute approximate surface area is 97.9 Å². The van der Waals surface area contributed by atoms with E-state index in [1.54, 1.807) is 6.08 Å². The van der Waals surface area contributed by atoms with Crippen LogP contribution in [-0.2, 0) is 0 Å². The quantitative estimate of drug-likeness (QED) is 0.799. The summed E-state index contributed by atoms with van der Waals surface area (Å²) in [5.74, 6) is 0. The Balaban J connectivity index is 2.66. The number of rotatable bonds is 2. The maximum atomic E-state index is 9.36. The first-order valence-corrected chi connectivity index (χ1v) is 5.11. The van der Waals surface area contributed by atoms with Gasteiger partial charge >= 0.3 is 0 Å². The molecule has 0 radical (unpaired) electrons. The Morgan fingerprint density at radius 3 is 2.21 bits per heavy atom. The van der Waals surface area contributed by atoms with Crippen LogP contribution < -0.4 is 0 Å². The van der Waals surface area contributed by atoms with Crippen LogP contribution in [0.15, 0.2) is 36.4 Å². The Kier molecular flexibility index (Phi) is 4.27. The van der Waals surface area contributed by atoms with E-state index >= 15 is 0 Å². The van der Waals surface area contributed by atoms with E-state index < -0.39 is 9.90 Å². The maximum Gasteiger partial charge on any atom is 0.219 e. The first kappa shape index (κ1) is 11.9. The molecule has 0 saturated heterocycles. The first-order chi connectivity index (χ1) is 6.50. The molecule has 1 aromatic rings. The fourth-order valence-corrected chi connectivity index (χ4v) is 1.09. The van der Waals surface area contributed by atoms with Crippen molar-refractivity contribution in [1.82, 2.24) is 0 Å². The number of aliphatic hydroxyl groups excluding tert-OH is 1. The van der Waals surface area contributed by atoms with Gasteiger partial charge in [0.25, 0.3) is 0 Å². The monoisotopic (exact) mass is 250 g/mol. The van der Waals surface area contributed by atoms with Crippen LogP contribution in [0.5, 0.6) is 0 Å². The third kappa shape index (κ3) is 3.89. The molecule has 1 N–H and O–H groups in total. The SMILES string of the molecule is O[C@H](/C=C/c1ccccc1)C(Cl)(Cl)Cl. The van der Waals surface area contributed by atoms with E-state index in [4.69, 9.17) is 34.8 Å². The molecule has 1 nitrogen and oxygen atoms in total. The summed E-state index contributed by atoms with van der Waals surface area (Å²) in [7, 11) is 0. The lowest BCUT2D eigenvalue weighted by molar-refractivity contribution is 0.228. The molecule has 0 saturated carbocycles. The largest absolute Gasteiger partial charge is 0.385 e. The zero-order valence-corrected chi connectivity index (χ0v) is 9.47. The van der Waals surface area contributed by atoms with E-state index in [1.165, 1.54) is 6.08 Å². The van der Waals surface area contributed by atoms with E-state index in [2.05, 4.69) is 0 Å². The fraction of sp³-hybridized carbons (Fsp3) is 0.200. The van der Waals surface area contributed by atoms with Gasteiger partial charge in [-0.25, -0.2) is 0 Å². The lowest BCUT2D eigenvalue weighted by atomic mass is 10.2. The Morgan fingerprint density at radius 2 is 1.71 bits per heavy atom. The molecule has 0 spiro atoms. The van der Waals surface area contributed by atoms with Gasteiger partial charge in [0.1, 0.15) is 6.10 Å². The number of halogens is 3. The molecule has 0 aliphatic rings. The van der Waals surface area contributed by atoms with Gasteiger partial charge in [0.15, 0.2) is 0 Å². The zero-order chi connectivity index (χ0) is 10.6. The summed E-state index contributed by atoms with van der Waals surface area (Å²) in [5, 5.41) is 9.36. The molecule has 0 aliphatic heterocycles. The predicted molar refractivity (Wildman–Crippen MR) is 61.8 cm³/mol. The molecule has 0 fully saturated rings. The highest BCUT2D eigenvalue weighted by atomic mass is 35.6. The molecule has 0 amide bonds. The first-order valence-electron chi connectivity index (χ1n) is 3.98. The number of benzene rings is 1. The van der Waals surface area contributed by atoms with Crippen LogP contribution in [0, 0.1) is 0 Å². The zero-order valence-electron chi connectivity index (χ0n) is 7.20. The molecule has 1 atom stereocenters. The highest BCUT2D eigenvalue weighted by Crippen LogP contribution is 2.31. The second kappa shape index (κ2) is 5.04. The van der Waals surface area contributed by atoms with Crippen molar-refractivity contribution in [1.29, 1.82) is 0 Å². The second-order valence-corrected chi connectivity index (χ2v) is 5.13. The van der Waals surface area contributed by atoms with Crippen LogP contribution in [-0.4, -0.2) is 15.0 Å². The van der Waals surface area contributed by atoms with Gasteiger partial charge in [0.05, 0.1) is 0 Å². The average molecular weight is 252 g/mol. The van der Waals surface area contributed by atoms with Crippen molar-refractivity contribution in [2.75, 3.05) is 0 Å². The molecule has 0 aromatic heterocycles. The highest BCUT2D eigenvalue weighted by molar-refractivity contribution is 6.68. The topological polar surface area (TPSA) is 20.2 Å². The summed E-state index contributed by atoms with van der Waals surface area (Å²) >= 11 is 16.4. The van der Waals surface area contributed by atoms with Crippen molar-refractivity contribution in [2.45, 2.75) is 9.90 Å². The number of alkyl halides is 3. The van der Waals surface area contributed by atoms with Gasteiger partial charge in [-0.1, -0.05) is 77.3 Å². The maximum absolute atomic E-state index is 9.36. The summed E-state index contributed by atoms with van der Waals surface area (Å²) in [6.07, 6.45) is 2.04. The van der Waals surface area contributed by atoms with Gasteiger partial charge < -0.3 is 5.11 Å². The molecular weight excluding hydrogens is 242 g/mol.